The van der Waals surface area contributed by atoms with Crippen LogP contribution >= 0.6 is 0 Å². The monoisotopic (exact) mass is 224 g/mol. The molecule has 1 aromatic carbocycles. The Hall–Kier alpha value is -1.85. The van der Waals surface area contributed by atoms with Gasteiger partial charge in [-0.25, -0.2) is 0 Å². The summed E-state index contributed by atoms with van der Waals surface area (Å²) in [5.41, 5.74) is 7.50. The van der Waals surface area contributed by atoms with Crippen molar-refractivity contribution in [2.45, 2.75) is 19.3 Å². The number of aromatic nitrogens is 1. The third-order valence-corrected chi connectivity index (χ3v) is 2.59. The number of unbranched alkanes of at least 4 members (excludes halogenated alkanes) is 2. The highest BCUT2D eigenvalue weighted by atomic mass is 14.6. The zero-order valence-electron chi connectivity index (χ0n) is 9.82. The molecule has 0 aliphatic heterocycles. The van der Waals surface area contributed by atoms with Crippen molar-refractivity contribution in [3.63, 3.8) is 0 Å². The number of hydrogen-bond donors (Lipinski definition) is 1. The van der Waals surface area contributed by atoms with Crippen LogP contribution in [-0.4, -0.2) is 11.5 Å². The molecule has 0 saturated heterocycles. The molecule has 2 heteroatoms. The van der Waals surface area contributed by atoms with Crippen LogP contribution in [0.3, 0.4) is 0 Å². The van der Waals surface area contributed by atoms with Gasteiger partial charge in [0.15, 0.2) is 0 Å². The van der Waals surface area contributed by atoms with Crippen LogP contribution in [-0.2, 0) is 0 Å². The van der Waals surface area contributed by atoms with Crippen molar-refractivity contribution in [2.24, 2.45) is 5.73 Å². The molecule has 1 aromatic heterocycles. The van der Waals surface area contributed by atoms with Gasteiger partial charge >= 0.3 is 0 Å². The largest absolute Gasteiger partial charge is 0.330 e. The summed E-state index contributed by atoms with van der Waals surface area (Å²) < 4.78 is 0. The smallest absolute Gasteiger partial charge is 0.0702 e. The SMILES string of the molecule is NCCCCC#Cc1ccc2ncccc2c1. The van der Waals surface area contributed by atoms with E-state index < -0.39 is 0 Å². The minimum atomic E-state index is 0.753. The maximum atomic E-state index is 5.43. The zero-order chi connectivity index (χ0) is 11.9. The van der Waals surface area contributed by atoms with Gasteiger partial charge in [-0.05, 0) is 43.7 Å². The average molecular weight is 224 g/mol. The lowest BCUT2D eigenvalue weighted by Gasteiger charge is -1.96. The summed E-state index contributed by atoms with van der Waals surface area (Å²) in [6.07, 6.45) is 4.86. The van der Waals surface area contributed by atoms with E-state index in [9.17, 15) is 0 Å². The lowest BCUT2D eigenvalue weighted by Crippen LogP contribution is -1.96. The van der Waals surface area contributed by atoms with Crippen LogP contribution in [0.15, 0.2) is 36.5 Å². The van der Waals surface area contributed by atoms with Gasteiger partial charge in [0.1, 0.15) is 0 Å². The molecule has 2 aromatic rings. The molecule has 0 radical (unpaired) electrons. The first-order valence-corrected chi connectivity index (χ1v) is 5.94. The molecule has 2 rings (SSSR count). The average Bonchev–Trinajstić information content (AvgIpc) is 2.38. The second-order valence-corrected chi connectivity index (χ2v) is 3.96. The summed E-state index contributed by atoms with van der Waals surface area (Å²) in [6, 6.07) is 10.1. The number of nitrogens with two attached hydrogens (primary N) is 1. The molecular weight excluding hydrogens is 208 g/mol. The van der Waals surface area contributed by atoms with E-state index in [1.165, 1.54) is 0 Å². The Bertz CT molecular complexity index is 549. The summed E-state index contributed by atoms with van der Waals surface area (Å²) in [5.74, 6) is 6.35. The quantitative estimate of drug-likeness (QED) is 0.643. The normalized spacial score (nSPS) is 9.94. The molecule has 0 spiro atoms. The first-order valence-electron chi connectivity index (χ1n) is 5.94. The predicted molar refractivity (Wildman–Crippen MR) is 71.5 cm³/mol. The summed E-state index contributed by atoms with van der Waals surface area (Å²) in [6.45, 7) is 0.753. The Labute approximate surface area is 102 Å². The van der Waals surface area contributed by atoms with Crippen LogP contribution in [0.1, 0.15) is 24.8 Å². The van der Waals surface area contributed by atoms with Gasteiger partial charge in [-0.15, -0.1) is 0 Å². The molecule has 86 valence electrons. The lowest BCUT2D eigenvalue weighted by atomic mass is 10.1. The molecule has 2 N–H and O–H groups in total. The van der Waals surface area contributed by atoms with E-state index in [0.717, 1.165) is 42.3 Å². The Morgan fingerprint density at radius 2 is 2.12 bits per heavy atom. The summed E-state index contributed by atoms with van der Waals surface area (Å²) >= 11 is 0. The van der Waals surface area contributed by atoms with Crippen molar-refractivity contribution in [3.05, 3.63) is 42.1 Å². The topological polar surface area (TPSA) is 38.9 Å². The third-order valence-electron chi connectivity index (χ3n) is 2.59. The van der Waals surface area contributed by atoms with Gasteiger partial charge in [0.2, 0.25) is 0 Å². The van der Waals surface area contributed by atoms with E-state index in [2.05, 4.69) is 29.0 Å². The zero-order valence-corrected chi connectivity index (χ0v) is 9.82. The van der Waals surface area contributed by atoms with E-state index in [4.69, 9.17) is 5.73 Å². The Balaban J connectivity index is 2.08. The maximum Gasteiger partial charge on any atom is 0.0702 e. The fraction of sp³-hybridized carbons (Fsp3) is 0.267. The molecule has 1 heterocycles. The van der Waals surface area contributed by atoms with E-state index in [-0.39, 0.29) is 0 Å². The van der Waals surface area contributed by atoms with Crippen molar-refractivity contribution in [1.29, 1.82) is 0 Å². The van der Waals surface area contributed by atoms with Crippen molar-refractivity contribution >= 4 is 10.9 Å². The number of rotatable bonds is 3. The number of hydrogen-bond acceptors (Lipinski definition) is 2. The molecule has 0 atom stereocenters. The van der Waals surface area contributed by atoms with Crippen LogP contribution in [0.2, 0.25) is 0 Å². The van der Waals surface area contributed by atoms with Gasteiger partial charge < -0.3 is 5.73 Å². The second-order valence-electron chi connectivity index (χ2n) is 3.96. The van der Waals surface area contributed by atoms with Crippen LogP contribution in [0.25, 0.3) is 10.9 Å². The Morgan fingerprint density at radius 1 is 1.18 bits per heavy atom. The first kappa shape index (κ1) is 11.6. The number of benzene rings is 1. The van der Waals surface area contributed by atoms with Crippen molar-refractivity contribution in [2.75, 3.05) is 6.54 Å². The van der Waals surface area contributed by atoms with Gasteiger partial charge in [-0.3, -0.25) is 4.98 Å². The highest BCUT2D eigenvalue weighted by Gasteiger charge is 1.93. The summed E-state index contributed by atoms with van der Waals surface area (Å²) in [4.78, 5) is 4.28. The summed E-state index contributed by atoms with van der Waals surface area (Å²) in [5, 5.41) is 1.14. The molecule has 0 unspecified atom stereocenters. The molecule has 0 aliphatic carbocycles. The van der Waals surface area contributed by atoms with Crippen molar-refractivity contribution < 1.29 is 0 Å². The first-order chi connectivity index (χ1) is 8.40. The predicted octanol–water partition coefficient (Wildman–Crippen LogP) is 2.72. The van der Waals surface area contributed by atoms with Gasteiger partial charge in [-0.2, -0.15) is 0 Å². The maximum absolute atomic E-state index is 5.43. The van der Waals surface area contributed by atoms with Gasteiger partial charge in [-0.1, -0.05) is 17.9 Å². The van der Waals surface area contributed by atoms with Crippen LogP contribution in [0.5, 0.6) is 0 Å². The molecule has 0 amide bonds. The summed E-state index contributed by atoms with van der Waals surface area (Å²) in [7, 11) is 0. The van der Waals surface area contributed by atoms with E-state index >= 15 is 0 Å². The minimum Gasteiger partial charge on any atom is -0.330 e. The molecule has 0 aliphatic rings. The van der Waals surface area contributed by atoms with Crippen LogP contribution < -0.4 is 5.73 Å². The number of fused-ring (bicyclic) bond motifs is 1. The third kappa shape index (κ3) is 3.30. The fourth-order valence-corrected chi connectivity index (χ4v) is 1.68. The lowest BCUT2D eigenvalue weighted by molar-refractivity contribution is 0.768. The molecular formula is C15H16N2. The van der Waals surface area contributed by atoms with Crippen molar-refractivity contribution in [3.8, 4) is 11.8 Å². The minimum absolute atomic E-state index is 0.753. The van der Waals surface area contributed by atoms with E-state index in [0.29, 0.717) is 0 Å². The molecule has 0 bridgehead atoms. The molecule has 17 heavy (non-hydrogen) atoms. The van der Waals surface area contributed by atoms with Gasteiger partial charge in [0.25, 0.3) is 0 Å². The molecule has 2 nitrogen and oxygen atoms in total. The molecule has 0 saturated carbocycles. The fourth-order valence-electron chi connectivity index (χ4n) is 1.68. The van der Waals surface area contributed by atoms with E-state index in [1.807, 2.05) is 18.2 Å². The van der Waals surface area contributed by atoms with Crippen LogP contribution in [0, 0.1) is 11.8 Å². The number of nitrogens with zero attached hydrogens (tertiary/aromatic N) is 1. The second kappa shape index (κ2) is 6.03. The van der Waals surface area contributed by atoms with Gasteiger partial charge in [0, 0.05) is 23.6 Å². The highest BCUT2D eigenvalue weighted by molar-refractivity contribution is 5.79. The van der Waals surface area contributed by atoms with Crippen molar-refractivity contribution in [1.82, 2.24) is 4.98 Å². The van der Waals surface area contributed by atoms with Crippen LogP contribution in [0.4, 0.5) is 0 Å². The number of pyridine rings is 1. The highest BCUT2D eigenvalue weighted by Crippen LogP contribution is 2.12. The van der Waals surface area contributed by atoms with E-state index in [1.54, 1.807) is 6.20 Å². The Kier molecular flexibility index (Phi) is 4.12. The Morgan fingerprint density at radius 3 is 3.00 bits per heavy atom. The van der Waals surface area contributed by atoms with Gasteiger partial charge in [0.05, 0.1) is 5.52 Å². The standard InChI is InChI=1S/C15H16N2/c16-10-4-2-1-3-6-13-8-9-15-14(12-13)7-5-11-17-15/h5,7-9,11-12H,1-2,4,10,16H2. The molecule has 0 fully saturated rings.